The van der Waals surface area contributed by atoms with Gasteiger partial charge in [-0.05, 0) is 36.0 Å². The summed E-state index contributed by atoms with van der Waals surface area (Å²) in [5.41, 5.74) is 0.820. The van der Waals surface area contributed by atoms with Crippen LogP contribution in [0.3, 0.4) is 0 Å². The van der Waals surface area contributed by atoms with E-state index in [1.807, 2.05) is 5.40 Å². The highest BCUT2D eigenvalue weighted by Gasteiger charge is 2.05. The smallest absolute Gasteiger partial charge is 0.323 e. The van der Waals surface area contributed by atoms with E-state index in [-0.39, 0.29) is 17.2 Å². The molecule has 0 bridgehead atoms. The van der Waals surface area contributed by atoms with Crippen molar-refractivity contribution in [3.63, 3.8) is 0 Å². The lowest BCUT2D eigenvalue weighted by Crippen LogP contribution is -2.19. The van der Waals surface area contributed by atoms with Gasteiger partial charge >= 0.3 is 6.03 Å². The molecule has 0 radical (unpaired) electrons. The average Bonchev–Trinajstić information content (AvgIpc) is 2.40. The van der Waals surface area contributed by atoms with Crippen LogP contribution in [0.2, 0.25) is 0 Å². The number of urea groups is 1. The first-order valence-electron chi connectivity index (χ1n) is 5.84. The van der Waals surface area contributed by atoms with Gasteiger partial charge in [-0.1, -0.05) is 0 Å². The van der Waals surface area contributed by atoms with Crippen molar-refractivity contribution in [3.8, 4) is 16.9 Å². The van der Waals surface area contributed by atoms with Crippen molar-refractivity contribution in [3.05, 3.63) is 42.5 Å². The first-order valence-corrected chi connectivity index (χ1v) is 6.65. The number of nitrogens with one attached hydrogen (secondary N) is 2. The third kappa shape index (κ3) is 4.33. The molecule has 4 N–H and O–H groups in total. The molecule has 0 aliphatic heterocycles. The molecule has 0 fully saturated rings. The molecule has 2 aromatic carbocycles. The Morgan fingerprint density at radius 2 is 1.57 bits per heavy atom. The maximum absolute atomic E-state index is 11.8. The van der Waals surface area contributed by atoms with Crippen LogP contribution in [-0.2, 0) is 0 Å². The number of thiocyanates is 1. The van der Waals surface area contributed by atoms with Gasteiger partial charge < -0.3 is 20.8 Å². The Morgan fingerprint density at radius 1 is 1.00 bits per heavy atom. The number of aromatic hydroxyl groups is 2. The summed E-state index contributed by atoms with van der Waals surface area (Å²) in [6.07, 6.45) is 0. The summed E-state index contributed by atoms with van der Waals surface area (Å²) in [7, 11) is 0. The number of carbonyl (C=O) groups is 1. The maximum atomic E-state index is 11.8. The number of carbonyl (C=O) groups excluding carboxylic acids is 1. The number of hydrogen-bond acceptors (Lipinski definition) is 5. The minimum atomic E-state index is -0.513. The molecule has 2 rings (SSSR count). The predicted molar refractivity (Wildman–Crippen MR) is 80.3 cm³/mol. The number of hydrogen-bond donors (Lipinski definition) is 4. The summed E-state index contributed by atoms with van der Waals surface area (Å²) in [6, 6.07) is 10.0. The van der Waals surface area contributed by atoms with Gasteiger partial charge in [0.15, 0.2) is 0 Å². The highest BCUT2D eigenvalue weighted by Crippen LogP contribution is 2.24. The highest BCUT2D eigenvalue weighted by atomic mass is 32.2. The Labute approximate surface area is 125 Å². The van der Waals surface area contributed by atoms with Gasteiger partial charge in [0.2, 0.25) is 0 Å². The second kappa shape index (κ2) is 6.54. The molecule has 2 aromatic rings. The van der Waals surface area contributed by atoms with Crippen molar-refractivity contribution in [2.75, 3.05) is 10.6 Å². The normalized spacial score (nSPS) is 9.67. The van der Waals surface area contributed by atoms with Gasteiger partial charge in [0.25, 0.3) is 0 Å². The molecule has 0 saturated heterocycles. The number of benzene rings is 2. The largest absolute Gasteiger partial charge is 0.508 e. The molecular weight excluding hydrogens is 290 g/mol. The first kappa shape index (κ1) is 14.6. The summed E-state index contributed by atoms with van der Waals surface area (Å²) < 4.78 is 0. The van der Waals surface area contributed by atoms with Crippen molar-refractivity contribution in [1.29, 1.82) is 5.26 Å². The quantitative estimate of drug-likeness (QED) is 0.514. The van der Waals surface area contributed by atoms with Crippen LogP contribution < -0.4 is 10.6 Å². The first-order chi connectivity index (χ1) is 10.1. The van der Waals surface area contributed by atoms with E-state index in [1.165, 1.54) is 12.1 Å². The van der Waals surface area contributed by atoms with Crippen LogP contribution >= 0.6 is 11.8 Å². The number of nitrogens with zero attached hydrogens (tertiary/aromatic N) is 1. The summed E-state index contributed by atoms with van der Waals surface area (Å²) in [5, 5.41) is 34.2. The van der Waals surface area contributed by atoms with Gasteiger partial charge in [0, 0.05) is 34.5 Å². The molecule has 0 aromatic heterocycles. The molecule has 2 amide bonds. The molecule has 7 heteroatoms. The molecule has 0 unspecified atom stereocenters. The lowest BCUT2D eigenvalue weighted by molar-refractivity contribution is 0.262. The number of nitriles is 1. The van der Waals surface area contributed by atoms with Crippen molar-refractivity contribution < 1.29 is 15.0 Å². The Hall–Kier alpha value is -2.85. The summed E-state index contributed by atoms with van der Waals surface area (Å²) >= 11 is 1.03. The van der Waals surface area contributed by atoms with Gasteiger partial charge in [-0.25, -0.2) is 4.79 Å². The molecule has 0 heterocycles. The molecular formula is C14H11N3O3S. The summed E-state index contributed by atoms with van der Waals surface area (Å²) in [4.78, 5) is 12.6. The Balaban J connectivity index is 1.99. The standard InChI is InChI=1S/C14H11N3O3S/c15-8-21-13-3-1-9(2-4-13)16-14(20)17-10-5-11(18)7-12(19)6-10/h1-7,18-19H,(H2,16,17,20). The lowest BCUT2D eigenvalue weighted by atomic mass is 10.3. The summed E-state index contributed by atoms with van der Waals surface area (Å²) in [6.45, 7) is 0. The highest BCUT2D eigenvalue weighted by molar-refractivity contribution is 8.03. The Morgan fingerprint density at radius 3 is 2.14 bits per heavy atom. The fraction of sp³-hybridized carbons (Fsp3) is 0. The number of rotatable bonds is 3. The SMILES string of the molecule is N#CSc1ccc(NC(=O)Nc2cc(O)cc(O)c2)cc1. The fourth-order valence-corrected chi connectivity index (χ4v) is 2.00. The molecule has 6 nitrogen and oxygen atoms in total. The Kier molecular flexibility index (Phi) is 4.53. The van der Waals surface area contributed by atoms with Gasteiger partial charge in [0.1, 0.15) is 16.9 Å². The van der Waals surface area contributed by atoms with Crippen LogP contribution in [0.4, 0.5) is 16.2 Å². The number of phenolic OH excluding ortho intramolecular Hbond substituents is 2. The third-order valence-electron chi connectivity index (χ3n) is 2.44. The number of phenols is 2. The molecule has 0 aliphatic rings. The second-order valence-electron chi connectivity index (χ2n) is 4.03. The van der Waals surface area contributed by atoms with Crippen LogP contribution in [0, 0.1) is 10.7 Å². The van der Waals surface area contributed by atoms with E-state index in [1.54, 1.807) is 24.3 Å². The zero-order valence-corrected chi connectivity index (χ0v) is 11.5. The zero-order valence-electron chi connectivity index (χ0n) is 10.7. The van der Waals surface area contributed by atoms with Crippen molar-refractivity contribution >= 4 is 29.2 Å². The Bertz CT molecular complexity index is 675. The topological polar surface area (TPSA) is 105 Å². The predicted octanol–water partition coefficient (Wildman–Crippen LogP) is 3.31. The van der Waals surface area contributed by atoms with Crippen LogP contribution in [-0.4, -0.2) is 16.2 Å². The van der Waals surface area contributed by atoms with E-state index in [0.717, 1.165) is 22.7 Å². The number of anilines is 2. The van der Waals surface area contributed by atoms with Gasteiger partial charge in [-0.2, -0.15) is 5.26 Å². The minimum absolute atomic E-state index is 0.150. The van der Waals surface area contributed by atoms with Gasteiger partial charge in [-0.15, -0.1) is 0 Å². The molecule has 0 saturated carbocycles. The number of amides is 2. The van der Waals surface area contributed by atoms with Crippen LogP contribution in [0.25, 0.3) is 0 Å². The molecule has 0 atom stereocenters. The molecule has 106 valence electrons. The van der Waals surface area contributed by atoms with E-state index < -0.39 is 6.03 Å². The minimum Gasteiger partial charge on any atom is -0.508 e. The van der Waals surface area contributed by atoms with E-state index in [0.29, 0.717) is 5.69 Å². The monoisotopic (exact) mass is 301 g/mol. The second-order valence-corrected chi connectivity index (χ2v) is 4.89. The lowest BCUT2D eigenvalue weighted by Gasteiger charge is -2.08. The van der Waals surface area contributed by atoms with Crippen molar-refractivity contribution in [2.45, 2.75) is 4.90 Å². The van der Waals surface area contributed by atoms with Gasteiger partial charge in [0.05, 0.1) is 0 Å². The van der Waals surface area contributed by atoms with E-state index in [9.17, 15) is 15.0 Å². The fourth-order valence-electron chi connectivity index (χ4n) is 1.62. The van der Waals surface area contributed by atoms with E-state index in [2.05, 4.69) is 10.6 Å². The third-order valence-corrected chi connectivity index (χ3v) is 3.04. The average molecular weight is 301 g/mol. The van der Waals surface area contributed by atoms with Crippen LogP contribution in [0.5, 0.6) is 11.5 Å². The maximum Gasteiger partial charge on any atom is 0.323 e. The van der Waals surface area contributed by atoms with Crippen LogP contribution in [0.15, 0.2) is 47.4 Å². The number of thioether (sulfide) groups is 1. The van der Waals surface area contributed by atoms with Crippen molar-refractivity contribution in [1.82, 2.24) is 0 Å². The molecule has 21 heavy (non-hydrogen) atoms. The summed E-state index contributed by atoms with van der Waals surface area (Å²) in [5.74, 6) is -0.300. The van der Waals surface area contributed by atoms with Crippen molar-refractivity contribution in [2.24, 2.45) is 0 Å². The molecule has 0 aliphatic carbocycles. The zero-order chi connectivity index (χ0) is 15.2. The van der Waals surface area contributed by atoms with Gasteiger partial charge in [-0.3, -0.25) is 0 Å². The van der Waals surface area contributed by atoms with E-state index >= 15 is 0 Å². The van der Waals surface area contributed by atoms with Crippen LogP contribution in [0.1, 0.15) is 0 Å². The van der Waals surface area contributed by atoms with E-state index in [4.69, 9.17) is 5.26 Å². The molecule has 0 spiro atoms.